The highest BCUT2D eigenvalue weighted by molar-refractivity contribution is 5.92. The molecular weight excluding hydrogens is 337 g/mol. The van der Waals surface area contributed by atoms with Crippen LogP contribution >= 0.6 is 0 Å². The molecule has 138 valence electrons. The van der Waals surface area contributed by atoms with Crippen LogP contribution in [0.4, 0.5) is 4.39 Å². The fraction of sp³-hybridized carbons (Fsp3) is 0.474. The Labute approximate surface area is 151 Å². The highest BCUT2D eigenvalue weighted by Gasteiger charge is 2.39. The van der Waals surface area contributed by atoms with E-state index in [1.165, 1.54) is 12.1 Å². The van der Waals surface area contributed by atoms with Gasteiger partial charge in [0, 0.05) is 24.6 Å². The van der Waals surface area contributed by atoms with E-state index in [1.54, 1.807) is 17.0 Å². The highest BCUT2D eigenvalue weighted by Crippen LogP contribution is 2.39. The smallest absolute Gasteiger partial charge is 0.274 e. The summed E-state index contributed by atoms with van der Waals surface area (Å²) in [6, 6.07) is 7.94. The average Bonchev–Trinajstić information content (AvgIpc) is 3.40. The number of aromatic nitrogens is 2. The number of carbonyl (C=O) groups excluding carboxylic acids is 1. The van der Waals surface area contributed by atoms with Crippen molar-refractivity contribution in [1.29, 1.82) is 0 Å². The summed E-state index contributed by atoms with van der Waals surface area (Å²) < 4.78 is 19.0. The van der Waals surface area contributed by atoms with Gasteiger partial charge in [0.2, 0.25) is 0 Å². The summed E-state index contributed by atoms with van der Waals surface area (Å²) >= 11 is 0. The topological polar surface area (TPSA) is 78.5 Å². The largest absolute Gasteiger partial charge is 0.393 e. The summed E-state index contributed by atoms with van der Waals surface area (Å²) in [7, 11) is 0. The first-order valence-corrected chi connectivity index (χ1v) is 8.92. The van der Waals surface area contributed by atoms with Gasteiger partial charge in [-0.25, -0.2) is 4.39 Å². The van der Waals surface area contributed by atoms with Crippen molar-refractivity contribution in [3.8, 4) is 0 Å². The molecule has 26 heavy (non-hydrogen) atoms. The molecule has 1 atom stereocenters. The van der Waals surface area contributed by atoms with Crippen molar-refractivity contribution >= 4 is 5.91 Å². The number of aromatic amines is 1. The lowest BCUT2D eigenvalue weighted by atomic mass is 9.93. The van der Waals surface area contributed by atoms with Gasteiger partial charge in [-0.05, 0) is 36.6 Å². The van der Waals surface area contributed by atoms with Crippen LogP contribution in [-0.2, 0) is 11.2 Å². The van der Waals surface area contributed by atoms with E-state index in [0.29, 0.717) is 31.2 Å². The molecular formula is C19H22FN3O3. The molecule has 0 radical (unpaired) electrons. The lowest BCUT2D eigenvalue weighted by Crippen LogP contribution is -2.56. The maximum atomic E-state index is 13.1. The van der Waals surface area contributed by atoms with Crippen LogP contribution in [0.1, 0.15) is 40.5 Å². The van der Waals surface area contributed by atoms with Gasteiger partial charge in [0.05, 0.1) is 19.8 Å². The summed E-state index contributed by atoms with van der Waals surface area (Å²) in [6.07, 6.45) is 2.68. The first-order chi connectivity index (χ1) is 12.6. The predicted octanol–water partition coefficient (Wildman–Crippen LogP) is 1.87. The van der Waals surface area contributed by atoms with Crippen molar-refractivity contribution in [2.24, 2.45) is 0 Å². The van der Waals surface area contributed by atoms with E-state index in [1.807, 2.05) is 6.07 Å². The van der Waals surface area contributed by atoms with Gasteiger partial charge in [0.15, 0.2) is 0 Å². The number of amides is 1. The number of H-pyrrole nitrogens is 1. The zero-order chi connectivity index (χ0) is 18.1. The van der Waals surface area contributed by atoms with Gasteiger partial charge < -0.3 is 14.7 Å². The second kappa shape index (κ2) is 6.81. The predicted molar refractivity (Wildman–Crippen MR) is 92.3 cm³/mol. The number of nitrogens with zero attached hydrogens (tertiary/aromatic N) is 2. The van der Waals surface area contributed by atoms with Gasteiger partial charge in [-0.2, -0.15) is 5.10 Å². The Hall–Kier alpha value is -2.25. The molecule has 1 aliphatic carbocycles. The number of aliphatic hydroxyl groups is 1. The summed E-state index contributed by atoms with van der Waals surface area (Å²) in [5.41, 5.74) is 1.38. The molecule has 1 aliphatic heterocycles. The Morgan fingerprint density at radius 1 is 1.38 bits per heavy atom. The van der Waals surface area contributed by atoms with Gasteiger partial charge in [0.25, 0.3) is 5.91 Å². The molecule has 0 spiro atoms. The molecule has 2 aromatic rings. The zero-order valence-electron chi connectivity index (χ0n) is 14.4. The number of rotatable bonds is 5. The Kier molecular flexibility index (Phi) is 4.50. The standard InChI is InChI=1S/C19H22FN3O3/c20-15-5-1-13(2-6-15)10-19(12-24)11-23(7-8-26-19)18(25)17-9-16(21-22-17)14-3-4-14/h1-2,5-6,9,14,24H,3-4,7-8,10-12H2,(H,21,22)/t19-/m1/s1. The van der Waals surface area contributed by atoms with Crippen LogP contribution in [0, 0.1) is 5.82 Å². The monoisotopic (exact) mass is 359 g/mol. The van der Waals surface area contributed by atoms with Crippen molar-refractivity contribution in [3.63, 3.8) is 0 Å². The van der Waals surface area contributed by atoms with Crippen molar-refractivity contribution in [1.82, 2.24) is 15.1 Å². The summed E-state index contributed by atoms with van der Waals surface area (Å²) in [6.45, 7) is 0.844. The minimum atomic E-state index is -0.888. The first-order valence-electron chi connectivity index (χ1n) is 8.92. The third-order valence-corrected chi connectivity index (χ3v) is 5.10. The molecule has 2 N–H and O–H groups in total. The van der Waals surface area contributed by atoms with Gasteiger partial charge in [-0.1, -0.05) is 12.1 Å². The van der Waals surface area contributed by atoms with E-state index in [0.717, 1.165) is 24.1 Å². The van der Waals surface area contributed by atoms with Crippen LogP contribution < -0.4 is 0 Å². The molecule has 4 rings (SSSR count). The number of ether oxygens (including phenoxy) is 1. The number of hydrogen-bond acceptors (Lipinski definition) is 4. The molecule has 1 saturated heterocycles. The SMILES string of the molecule is O=C(c1cc(C2CC2)[nH]n1)N1CCO[C@](CO)(Cc2ccc(F)cc2)C1. The minimum Gasteiger partial charge on any atom is -0.393 e. The number of aliphatic hydroxyl groups excluding tert-OH is 1. The van der Waals surface area contributed by atoms with Crippen molar-refractivity contribution in [2.45, 2.75) is 30.8 Å². The van der Waals surface area contributed by atoms with E-state index >= 15 is 0 Å². The third kappa shape index (κ3) is 3.50. The minimum absolute atomic E-state index is 0.159. The van der Waals surface area contributed by atoms with Crippen molar-refractivity contribution < 1.29 is 19.0 Å². The van der Waals surface area contributed by atoms with E-state index in [2.05, 4.69) is 10.2 Å². The van der Waals surface area contributed by atoms with Crippen LogP contribution in [0.3, 0.4) is 0 Å². The van der Waals surface area contributed by atoms with Gasteiger partial charge in [-0.15, -0.1) is 0 Å². The number of hydrogen-bond donors (Lipinski definition) is 2. The van der Waals surface area contributed by atoms with Gasteiger partial charge in [-0.3, -0.25) is 9.89 Å². The molecule has 1 aromatic carbocycles. The first kappa shape index (κ1) is 17.2. The van der Waals surface area contributed by atoms with Gasteiger partial charge >= 0.3 is 0 Å². The zero-order valence-corrected chi connectivity index (χ0v) is 14.4. The molecule has 1 saturated carbocycles. The Balaban J connectivity index is 1.48. The second-order valence-corrected chi connectivity index (χ2v) is 7.20. The summed E-state index contributed by atoms with van der Waals surface area (Å²) in [4.78, 5) is 14.5. The van der Waals surface area contributed by atoms with Crippen molar-refractivity contribution in [2.75, 3.05) is 26.3 Å². The van der Waals surface area contributed by atoms with Crippen LogP contribution in [0.5, 0.6) is 0 Å². The van der Waals surface area contributed by atoms with E-state index in [9.17, 15) is 14.3 Å². The third-order valence-electron chi connectivity index (χ3n) is 5.10. The van der Waals surface area contributed by atoms with Crippen LogP contribution in [0.25, 0.3) is 0 Å². The quantitative estimate of drug-likeness (QED) is 0.854. The molecule has 2 heterocycles. The normalized spacial score (nSPS) is 23.2. The van der Waals surface area contributed by atoms with E-state index in [4.69, 9.17) is 4.74 Å². The molecule has 2 aliphatic rings. The number of nitrogens with one attached hydrogen (secondary N) is 1. The maximum Gasteiger partial charge on any atom is 0.274 e. The average molecular weight is 359 g/mol. The molecule has 2 fully saturated rings. The van der Waals surface area contributed by atoms with Crippen LogP contribution in [-0.4, -0.2) is 58.0 Å². The van der Waals surface area contributed by atoms with Crippen molar-refractivity contribution in [3.05, 3.63) is 53.1 Å². The molecule has 0 bridgehead atoms. The van der Waals surface area contributed by atoms with Crippen LogP contribution in [0.2, 0.25) is 0 Å². The number of carbonyl (C=O) groups is 1. The molecule has 6 nitrogen and oxygen atoms in total. The fourth-order valence-corrected chi connectivity index (χ4v) is 3.46. The number of halogens is 1. The Morgan fingerprint density at radius 3 is 2.85 bits per heavy atom. The second-order valence-electron chi connectivity index (χ2n) is 7.20. The number of morpholine rings is 1. The summed E-state index contributed by atoms with van der Waals surface area (Å²) in [5, 5.41) is 17.1. The van der Waals surface area contributed by atoms with Crippen LogP contribution in [0.15, 0.2) is 30.3 Å². The summed E-state index contributed by atoms with van der Waals surface area (Å²) in [5.74, 6) is 0.0373. The molecule has 1 aromatic heterocycles. The lowest BCUT2D eigenvalue weighted by molar-refractivity contribution is -0.123. The molecule has 7 heteroatoms. The number of benzene rings is 1. The van der Waals surface area contributed by atoms with Gasteiger partial charge in [0.1, 0.15) is 17.1 Å². The molecule has 0 unspecified atom stereocenters. The highest BCUT2D eigenvalue weighted by atomic mass is 19.1. The Morgan fingerprint density at radius 2 is 2.15 bits per heavy atom. The van der Waals surface area contributed by atoms with E-state index in [-0.39, 0.29) is 24.9 Å². The fourth-order valence-electron chi connectivity index (χ4n) is 3.46. The Bertz CT molecular complexity index is 788. The maximum absolute atomic E-state index is 13.1. The lowest BCUT2D eigenvalue weighted by Gasteiger charge is -2.41. The van der Waals surface area contributed by atoms with E-state index < -0.39 is 5.60 Å². The molecule has 1 amide bonds.